The van der Waals surface area contributed by atoms with E-state index in [-0.39, 0.29) is 17.9 Å². The predicted octanol–water partition coefficient (Wildman–Crippen LogP) is 3.53. The highest BCUT2D eigenvalue weighted by Gasteiger charge is 2.52. The molecule has 4 bridgehead atoms. The van der Waals surface area contributed by atoms with Crippen LogP contribution in [0.1, 0.15) is 45.4 Å². The molecule has 4 saturated carbocycles. The second kappa shape index (κ2) is 6.00. The second-order valence-electron chi connectivity index (χ2n) is 8.74. The molecule has 6 rings (SSSR count). The summed E-state index contributed by atoms with van der Waals surface area (Å²) in [5.74, 6) is 3.67. The van der Waals surface area contributed by atoms with Crippen LogP contribution in [0.15, 0.2) is 29.4 Å². The van der Waals surface area contributed by atoms with Crippen molar-refractivity contribution >= 4 is 11.6 Å². The van der Waals surface area contributed by atoms with E-state index in [9.17, 15) is 4.79 Å². The zero-order chi connectivity index (χ0) is 17.7. The molecule has 1 N–H and O–H groups in total. The average molecular weight is 354 g/mol. The molecular weight excluding hydrogens is 328 g/mol. The lowest BCUT2D eigenvalue weighted by molar-refractivity contribution is -0.130. The first-order valence-corrected chi connectivity index (χ1v) is 9.84. The number of ether oxygens (including phenoxy) is 2. The number of hydrogen-bond donors (Lipinski definition) is 1. The van der Waals surface area contributed by atoms with Crippen molar-refractivity contribution in [2.24, 2.45) is 28.3 Å². The average Bonchev–Trinajstić information content (AvgIpc) is 2.64. The largest absolute Gasteiger partial charge is 0.485 e. The summed E-state index contributed by atoms with van der Waals surface area (Å²) < 4.78 is 11.4. The molecular formula is C21H26N2O3. The standard InChI is InChI=1S/C21H26N2O3/c1-13(21-9-14-6-15(10-21)8-16(7-14)11-21)22-23-20(24)19-12-25-17-4-2-3-5-18(17)26-19/h2-5,14-16,19H,6-12H2,1H3,(H,23,24)/b22-13-/t14?,15?,16?,19-,21?/m0/s1. The van der Waals surface area contributed by atoms with Crippen molar-refractivity contribution in [3.05, 3.63) is 24.3 Å². The Morgan fingerprint density at radius 2 is 1.69 bits per heavy atom. The molecule has 0 aromatic heterocycles. The van der Waals surface area contributed by atoms with Crippen LogP contribution in [0.2, 0.25) is 0 Å². The fraction of sp³-hybridized carbons (Fsp3) is 0.619. The predicted molar refractivity (Wildman–Crippen MR) is 98.2 cm³/mol. The van der Waals surface area contributed by atoms with Gasteiger partial charge in [-0.3, -0.25) is 4.79 Å². The van der Waals surface area contributed by atoms with Gasteiger partial charge in [0, 0.05) is 11.1 Å². The normalized spacial score (nSPS) is 37.5. The van der Waals surface area contributed by atoms with Crippen molar-refractivity contribution in [2.75, 3.05) is 6.61 Å². The smallest absolute Gasteiger partial charge is 0.284 e. The van der Waals surface area contributed by atoms with Gasteiger partial charge in [-0.1, -0.05) is 12.1 Å². The van der Waals surface area contributed by atoms with Gasteiger partial charge in [-0.15, -0.1) is 0 Å². The summed E-state index contributed by atoms with van der Waals surface area (Å²) in [6.45, 7) is 2.32. The summed E-state index contributed by atoms with van der Waals surface area (Å²) in [4.78, 5) is 12.5. The third kappa shape index (κ3) is 2.68. The highest BCUT2D eigenvalue weighted by atomic mass is 16.6. The number of fused-ring (bicyclic) bond motifs is 1. The van der Waals surface area contributed by atoms with Gasteiger partial charge < -0.3 is 9.47 Å². The first-order chi connectivity index (χ1) is 12.6. The number of carbonyl (C=O) groups excluding carboxylic acids is 1. The van der Waals surface area contributed by atoms with Crippen LogP contribution < -0.4 is 14.9 Å². The number of amides is 1. The molecule has 0 radical (unpaired) electrons. The monoisotopic (exact) mass is 354 g/mol. The van der Waals surface area contributed by atoms with E-state index in [1.165, 1.54) is 38.5 Å². The number of hydrazone groups is 1. The van der Waals surface area contributed by atoms with Gasteiger partial charge in [0.25, 0.3) is 5.91 Å². The van der Waals surface area contributed by atoms with Crippen LogP contribution in [0.4, 0.5) is 0 Å². The Balaban J connectivity index is 1.26. The van der Waals surface area contributed by atoms with Crippen molar-refractivity contribution in [3.8, 4) is 11.5 Å². The zero-order valence-electron chi connectivity index (χ0n) is 15.2. The molecule has 0 spiro atoms. The van der Waals surface area contributed by atoms with E-state index in [1.807, 2.05) is 24.3 Å². The SMILES string of the molecule is C/C(=N/NC(=O)[C@@H]1COc2ccccc2O1)C12CC3CC(CC(C3)C1)C2. The van der Waals surface area contributed by atoms with Gasteiger partial charge in [0.1, 0.15) is 6.61 Å². The quantitative estimate of drug-likeness (QED) is 0.667. The lowest BCUT2D eigenvalue weighted by Crippen LogP contribution is -2.50. The molecule has 1 amide bonds. The topological polar surface area (TPSA) is 59.9 Å². The highest BCUT2D eigenvalue weighted by molar-refractivity contribution is 5.90. The number of nitrogens with zero attached hydrogens (tertiary/aromatic N) is 1. The van der Waals surface area contributed by atoms with Crippen molar-refractivity contribution in [1.29, 1.82) is 0 Å². The van der Waals surface area contributed by atoms with E-state index in [0.717, 1.165) is 23.5 Å². The van der Waals surface area contributed by atoms with Crippen molar-refractivity contribution in [2.45, 2.75) is 51.6 Å². The summed E-state index contributed by atoms with van der Waals surface area (Å²) in [7, 11) is 0. The van der Waals surface area contributed by atoms with Gasteiger partial charge in [0.15, 0.2) is 11.5 Å². The number of rotatable bonds is 3. The summed E-state index contributed by atoms with van der Waals surface area (Å²) in [5, 5.41) is 4.53. The molecule has 1 aliphatic heterocycles. The second-order valence-corrected chi connectivity index (χ2v) is 8.74. The number of hydrogen-bond acceptors (Lipinski definition) is 4. The van der Waals surface area contributed by atoms with Gasteiger partial charge in [0.2, 0.25) is 6.10 Å². The van der Waals surface area contributed by atoms with Crippen LogP contribution >= 0.6 is 0 Å². The molecule has 5 heteroatoms. The fourth-order valence-electron chi connectivity index (χ4n) is 6.03. The molecule has 26 heavy (non-hydrogen) atoms. The maximum atomic E-state index is 12.5. The molecule has 5 aliphatic rings. The molecule has 1 atom stereocenters. The Bertz CT molecular complexity index is 722. The van der Waals surface area contributed by atoms with Crippen LogP contribution in [0.3, 0.4) is 0 Å². The van der Waals surface area contributed by atoms with Crippen molar-refractivity contribution < 1.29 is 14.3 Å². The van der Waals surface area contributed by atoms with Gasteiger partial charge in [-0.2, -0.15) is 5.10 Å². The number of nitrogens with one attached hydrogen (secondary N) is 1. The summed E-state index contributed by atoms with van der Waals surface area (Å²) in [6, 6.07) is 7.43. The van der Waals surface area contributed by atoms with Crippen LogP contribution in [-0.2, 0) is 4.79 Å². The van der Waals surface area contributed by atoms with E-state index in [0.29, 0.717) is 11.5 Å². The van der Waals surface area contributed by atoms with E-state index in [4.69, 9.17) is 9.47 Å². The lowest BCUT2D eigenvalue weighted by Gasteiger charge is -2.56. The molecule has 1 aromatic carbocycles. The molecule has 4 aliphatic carbocycles. The Morgan fingerprint density at radius 1 is 1.08 bits per heavy atom. The number of benzene rings is 1. The van der Waals surface area contributed by atoms with E-state index >= 15 is 0 Å². The zero-order valence-corrected chi connectivity index (χ0v) is 15.2. The first kappa shape index (κ1) is 16.2. The summed E-state index contributed by atoms with van der Waals surface area (Å²) in [6.07, 6.45) is 7.32. The minimum Gasteiger partial charge on any atom is -0.485 e. The lowest BCUT2D eigenvalue weighted by atomic mass is 9.48. The van der Waals surface area contributed by atoms with Gasteiger partial charge in [-0.05, 0) is 75.3 Å². The highest BCUT2D eigenvalue weighted by Crippen LogP contribution is 2.60. The summed E-state index contributed by atoms with van der Waals surface area (Å²) >= 11 is 0. The molecule has 138 valence electrons. The molecule has 1 heterocycles. The van der Waals surface area contributed by atoms with Crippen molar-refractivity contribution in [3.63, 3.8) is 0 Å². The van der Waals surface area contributed by atoms with E-state index < -0.39 is 6.10 Å². The van der Waals surface area contributed by atoms with Crippen LogP contribution in [0.25, 0.3) is 0 Å². The molecule has 0 unspecified atom stereocenters. The first-order valence-electron chi connectivity index (χ1n) is 9.84. The third-order valence-electron chi connectivity index (χ3n) is 6.94. The maximum Gasteiger partial charge on any atom is 0.284 e. The molecule has 5 nitrogen and oxygen atoms in total. The van der Waals surface area contributed by atoms with E-state index in [2.05, 4.69) is 17.5 Å². The minimum absolute atomic E-state index is 0.217. The fourth-order valence-corrected chi connectivity index (χ4v) is 6.03. The van der Waals surface area contributed by atoms with Crippen LogP contribution in [0, 0.1) is 23.2 Å². The third-order valence-corrected chi connectivity index (χ3v) is 6.94. The Kier molecular flexibility index (Phi) is 3.73. The van der Waals surface area contributed by atoms with E-state index in [1.54, 1.807) is 0 Å². The Morgan fingerprint density at radius 3 is 2.35 bits per heavy atom. The van der Waals surface area contributed by atoms with Gasteiger partial charge >= 0.3 is 0 Å². The molecule has 0 saturated heterocycles. The number of carbonyl (C=O) groups is 1. The Labute approximate surface area is 154 Å². The maximum absolute atomic E-state index is 12.5. The minimum atomic E-state index is -0.655. The van der Waals surface area contributed by atoms with Crippen LogP contribution in [0.5, 0.6) is 11.5 Å². The van der Waals surface area contributed by atoms with Crippen LogP contribution in [-0.4, -0.2) is 24.3 Å². The molecule has 1 aromatic rings. The van der Waals surface area contributed by atoms with Gasteiger partial charge in [0.05, 0.1) is 0 Å². The Hall–Kier alpha value is -2.04. The van der Waals surface area contributed by atoms with Crippen molar-refractivity contribution in [1.82, 2.24) is 5.43 Å². The molecule has 4 fully saturated rings. The summed E-state index contributed by atoms with van der Waals surface area (Å²) in [5.41, 5.74) is 4.07. The van der Waals surface area contributed by atoms with Gasteiger partial charge in [-0.25, -0.2) is 5.43 Å². The number of para-hydroxylation sites is 2.